The molecule has 0 radical (unpaired) electrons. The molecule has 8 nitrogen and oxygen atoms in total. The van der Waals surface area contributed by atoms with Crippen LogP contribution in [0.4, 0.5) is 19.0 Å². The van der Waals surface area contributed by atoms with E-state index >= 15 is 0 Å². The minimum Gasteiger partial charge on any atom is -0.478 e. The number of hydrogen-bond donors (Lipinski definition) is 4. The molecule has 2 heterocycles. The smallest absolute Gasteiger partial charge is 0.336 e. The van der Waals surface area contributed by atoms with E-state index in [0.29, 0.717) is 23.3 Å². The van der Waals surface area contributed by atoms with Crippen molar-refractivity contribution >= 4 is 29.0 Å². The Hall–Kier alpha value is -4.25. The third-order valence-electron chi connectivity index (χ3n) is 6.33. The SMILES string of the molecule is C=C/C(C(=O)O)=C(C=O)\C=C/C.CNC1CCCC(Nc2nc(-c3c[nH]c4c(F)cc(F)cc34)ncc2F)C1. The van der Waals surface area contributed by atoms with Crippen LogP contribution in [0.5, 0.6) is 0 Å². The van der Waals surface area contributed by atoms with Gasteiger partial charge in [-0.2, -0.15) is 0 Å². The quantitative estimate of drug-likeness (QED) is 0.173. The molecular formula is C28H30F3N5O3. The van der Waals surface area contributed by atoms with Crippen LogP contribution in [0.1, 0.15) is 32.6 Å². The Morgan fingerprint density at radius 3 is 2.59 bits per heavy atom. The van der Waals surface area contributed by atoms with Gasteiger partial charge in [0.15, 0.2) is 23.7 Å². The van der Waals surface area contributed by atoms with Crippen LogP contribution in [-0.4, -0.2) is 51.4 Å². The van der Waals surface area contributed by atoms with E-state index in [9.17, 15) is 22.8 Å². The number of nitrogens with zero attached hydrogens (tertiary/aromatic N) is 2. The fourth-order valence-corrected chi connectivity index (χ4v) is 4.42. The maximum Gasteiger partial charge on any atom is 0.336 e. The van der Waals surface area contributed by atoms with E-state index in [1.165, 1.54) is 18.3 Å². The molecule has 4 rings (SSSR count). The highest BCUT2D eigenvalue weighted by Gasteiger charge is 2.23. The van der Waals surface area contributed by atoms with Gasteiger partial charge in [-0.25, -0.2) is 27.9 Å². The monoisotopic (exact) mass is 541 g/mol. The topological polar surface area (TPSA) is 120 Å². The number of aromatic nitrogens is 3. The Labute approximate surface area is 223 Å². The lowest BCUT2D eigenvalue weighted by atomic mass is 9.91. The molecule has 0 saturated heterocycles. The number of carboxylic acids is 1. The zero-order valence-corrected chi connectivity index (χ0v) is 21.6. The predicted molar refractivity (Wildman–Crippen MR) is 144 cm³/mol. The van der Waals surface area contributed by atoms with E-state index in [2.05, 4.69) is 32.2 Å². The van der Waals surface area contributed by atoms with Gasteiger partial charge in [0, 0.05) is 40.9 Å². The number of carboxylic acid groups (broad SMARTS) is 1. The van der Waals surface area contributed by atoms with E-state index in [1.807, 2.05) is 7.05 Å². The maximum atomic E-state index is 14.3. The van der Waals surface area contributed by atoms with Gasteiger partial charge < -0.3 is 20.7 Å². The molecule has 11 heteroatoms. The van der Waals surface area contributed by atoms with Crippen LogP contribution in [0, 0.1) is 17.5 Å². The summed E-state index contributed by atoms with van der Waals surface area (Å²) in [6, 6.07) is 2.51. The van der Waals surface area contributed by atoms with Crippen molar-refractivity contribution in [3.63, 3.8) is 0 Å². The summed E-state index contributed by atoms with van der Waals surface area (Å²) in [5, 5.41) is 15.3. The number of aliphatic carboxylic acids is 1. The molecule has 1 aliphatic carbocycles. The second-order valence-electron chi connectivity index (χ2n) is 8.89. The van der Waals surface area contributed by atoms with Crippen molar-refractivity contribution in [1.82, 2.24) is 20.3 Å². The molecule has 1 aliphatic rings. The van der Waals surface area contributed by atoms with Crippen LogP contribution in [0.25, 0.3) is 22.3 Å². The van der Waals surface area contributed by atoms with Gasteiger partial charge in [0.25, 0.3) is 0 Å². The van der Waals surface area contributed by atoms with Crippen LogP contribution >= 0.6 is 0 Å². The molecule has 206 valence electrons. The molecule has 0 bridgehead atoms. The molecule has 0 amide bonds. The standard InChI is InChI=1S/C19H20F3N5.C9H10O3/c1-23-11-3-2-4-12(7-11)26-19-16(22)9-25-18(27-19)14-8-24-17-13(14)5-10(20)6-15(17)21;1-3-5-7(6-10)8(4-2)9(11)12/h5-6,8-9,11-12,23-24H,2-4,7H2,1H3,(H,25,26,27);3-6H,2H2,1H3,(H,11,12)/b;5-3-,8-7-. The summed E-state index contributed by atoms with van der Waals surface area (Å²) in [6.07, 6.45) is 11.2. The summed E-state index contributed by atoms with van der Waals surface area (Å²) in [5.41, 5.74) is 0.629. The molecule has 1 aromatic carbocycles. The lowest BCUT2D eigenvalue weighted by molar-refractivity contribution is -0.132. The Morgan fingerprint density at radius 1 is 1.21 bits per heavy atom. The number of halogens is 3. The van der Waals surface area contributed by atoms with Crippen LogP contribution in [0.3, 0.4) is 0 Å². The molecule has 0 spiro atoms. The fourth-order valence-electron chi connectivity index (χ4n) is 4.42. The van der Waals surface area contributed by atoms with Crippen LogP contribution < -0.4 is 10.6 Å². The lowest BCUT2D eigenvalue weighted by Crippen LogP contribution is -2.37. The molecule has 0 aliphatic heterocycles. The van der Waals surface area contributed by atoms with Crippen molar-refractivity contribution in [1.29, 1.82) is 0 Å². The number of hydrogen-bond acceptors (Lipinski definition) is 6. The summed E-state index contributed by atoms with van der Waals surface area (Å²) >= 11 is 0. The summed E-state index contributed by atoms with van der Waals surface area (Å²) in [5.74, 6) is -2.78. The van der Waals surface area contributed by atoms with Crippen LogP contribution in [-0.2, 0) is 9.59 Å². The average molecular weight is 542 g/mol. The van der Waals surface area contributed by atoms with Crippen molar-refractivity contribution in [2.24, 2.45) is 0 Å². The first kappa shape index (κ1) is 29.3. The summed E-state index contributed by atoms with van der Waals surface area (Å²) in [7, 11) is 1.92. The number of allylic oxidation sites excluding steroid dienone is 3. The number of fused-ring (bicyclic) bond motifs is 1. The summed E-state index contributed by atoms with van der Waals surface area (Å²) in [6.45, 7) is 5.00. The van der Waals surface area contributed by atoms with Gasteiger partial charge in [-0.1, -0.05) is 24.8 Å². The van der Waals surface area contributed by atoms with E-state index in [4.69, 9.17) is 5.11 Å². The largest absolute Gasteiger partial charge is 0.478 e. The van der Waals surface area contributed by atoms with Crippen molar-refractivity contribution in [2.75, 3.05) is 12.4 Å². The molecule has 2 aromatic heterocycles. The van der Waals surface area contributed by atoms with Crippen molar-refractivity contribution in [2.45, 2.75) is 44.7 Å². The fraction of sp³-hybridized carbons (Fsp3) is 0.286. The Balaban J connectivity index is 0.000000298. The molecule has 2 atom stereocenters. The summed E-state index contributed by atoms with van der Waals surface area (Å²) < 4.78 is 41.8. The highest BCUT2D eigenvalue weighted by molar-refractivity contribution is 5.98. The number of carbonyl (C=O) groups is 2. The van der Waals surface area contributed by atoms with Gasteiger partial charge in [0.1, 0.15) is 11.6 Å². The first-order valence-corrected chi connectivity index (χ1v) is 12.3. The normalized spacial score (nSPS) is 17.8. The summed E-state index contributed by atoms with van der Waals surface area (Å²) in [4.78, 5) is 31.9. The number of anilines is 1. The minimum absolute atomic E-state index is 0.0805. The molecule has 4 N–H and O–H groups in total. The lowest BCUT2D eigenvalue weighted by Gasteiger charge is -2.29. The number of aromatic amines is 1. The van der Waals surface area contributed by atoms with Gasteiger partial charge in [-0.3, -0.25) is 4.79 Å². The van der Waals surface area contributed by atoms with E-state index in [0.717, 1.165) is 44.0 Å². The minimum atomic E-state index is -1.15. The van der Waals surface area contributed by atoms with Gasteiger partial charge in [-0.15, -0.1) is 0 Å². The molecule has 39 heavy (non-hydrogen) atoms. The second-order valence-corrected chi connectivity index (χ2v) is 8.89. The van der Waals surface area contributed by atoms with E-state index < -0.39 is 23.4 Å². The van der Waals surface area contributed by atoms with E-state index in [1.54, 1.807) is 13.0 Å². The van der Waals surface area contributed by atoms with Crippen molar-refractivity contribution in [3.05, 3.63) is 77.9 Å². The Morgan fingerprint density at radius 2 is 1.95 bits per heavy atom. The number of benzene rings is 1. The molecular weight excluding hydrogens is 511 g/mol. The first-order chi connectivity index (χ1) is 18.7. The number of rotatable bonds is 8. The average Bonchev–Trinajstić information content (AvgIpc) is 3.34. The molecule has 3 aromatic rings. The third-order valence-corrected chi connectivity index (χ3v) is 6.33. The Kier molecular flexibility index (Phi) is 10.2. The van der Waals surface area contributed by atoms with Gasteiger partial charge in [0.2, 0.25) is 0 Å². The third kappa shape index (κ3) is 7.20. The number of H-pyrrole nitrogens is 1. The van der Waals surface area contributed by atoms with Crippen LogP contribution in [0.15, 0.2) is 60.5 Å². The van der Waals surface area contributed by atoms with Crippen molar-refractivity contribution < 1.29 is 27.9 Å². The van der Waals surface area contributed by atoms with Gasteiger partial charge in [0.05, 0.1) is 17.3 Å². The molecule has 1 saturated carbocycles. The van der Waals surface area contributed by atoms with Gasteiger partial charge in [-0.05, 0) is 45.7 Å². The zero-order valence-electron chi connectivity index (χ0n) is 21.6. The Bertz CT molecular complexity index is 1420. The first-order valence-electron chi connectivity index (χ1n) is 12.3. The van der Waals surface area contributed by atoms with Gasteiger partial charge >= 0.3 is 5.97 Å². The number of aldehydes is 1. The number of carbonyl (C=O) groups excluding carboxylic acids is 1. The van der Waals surface area contributed by atoms with Crippen LogP contribution in [0.2, 0.25) is 0 Å². The maximum absolute atomic E-state index is 14.3. The zero-order chi connectivity index (χ0) is 28.5. The van der Waals surface area contributed by atoms with Crippen molar-refractivity contribution in [3.8, 4) is 11.4 Å². The second kappa shape index (κ2) is 13.5. The number of nitrogens with one attached hydrogen (secondary N) is 3. The molecule has 2 unspecified atom stereocenters. The van der Waals surface area contributed by atoms with E-state index in [-0.39, 0.29) is 34.3 Å². The highest BCUT2D eigenvalue weighted by Crippen LogP contribution is 2.30. The predicted octanol–water partition coefficient (Wildman–Crippen LogP) is 5.31. The molecule has 1 fully saturated rings. The highest BCUT2D eigenvalue weighted by atomic mass is 19.1.